The molecular formula is C15H18BrFN2O. The Morgan fingerprint density at radius 1 is 1.40 bits per heavy atom. The van der Waals surface area contributed by atoms with Crippen LogP contribution in [0.25, 0.3) is 11.3 Å². The Balaban J connectivity index is 1.96. The van der Waals surface area contributed by atoms with Crippen LogP contribution in [-0.2, 0) is 6.42 Å². The summed E-state index contributed by atoms with van der Waals surface area (Å²) in [5, 5.41) is 3.33. The lowest BCUT2D eigenvalue weighted by Crippen LogP contribution is -2.22. The minimum atomic E-state index is -0.306. The van der Waals surface area contributed by atoms with E-state index >= 15 is 0 Å². The topological polar surface area (TPSA) is 38.1 Å². The molecule has 0 spiro atoms. The Kier molecular flexibility index (Phi) is 5.31. The molecule has 20 heavy (non-hydrogen) atoms. The quantitative estimate of drug-likeness (QED) is 0.806. The maximum Gasteiger partial charge on any atom is 0.196 e. The van der Waals surface area contributed by atoms with E-state index in [2.05, 4.69) is 40.1 Å². The van der Waals surface area contributed by atoms with Gasteiger partial charge in [-0.25, -0.2) is 9.37 Å². The van der Waals surface area contributed by atoms with Crippen LogP contribution in [0.2, 0.25) is 0 Å². The summed E-state index contributed by atoms with van der Waals surface area (Å²) in [4.78, 5) is 4.22. The van der Waals surface area contributed by atoms with Crippen LogP contribution in [0.4, 0.5) is 4.39 Å². The highest BCUT2D eigenvalue weighted by Gasteiger charge is 2.08. The van der Waals surface area contributed by atoms with Crippen molar-refractivity contribution in [2.75, 3.05) is 13.1 Å². The molecule has 0 aliphatic carbocycles. The number of aromatic nitrogens is 1. The first-order chi connectivity index (χ1) is 9.56. The number of nitrogens with one attached hydrogen (secondary N) is 1. The summed E-state index contributed by atoms with van der Waals surface area (Å²) in [6.07, 6.45) is 2.37. The van der Waals surface area contributed by atoms with Crippen molar-refractivity contribution < 1.29 is 8.81 Å². The molecule has 1 heterocycles. The lowest BCUT2D eigenvalue weighted by atomic mass is 10.2. The molecule has 1 aromatic carbocycles. The molecule has 0 aliphatic heterocycles. The molecule has 0 radical (unpaired) electrons. The summed E-state index contributed by atoms with van der Waals surface area (Å²) in [5.74, 6) is 1.58. The van der Waals surface area contributed by atoms with Gasteiger partial charge in [0, 0.05) is 18.5 Å². The van der Waals surface area contributed by atoms with E-state index in [4.69, 9.17) is 4.42 Å². The molecule has 2 aromatic rings. The third-order valence-electron chi connectivity index (χ3n) is 2.83. The standard InChI is InChI=1S/C15H18BrFN2O/c1-10(2)8-18-6-5-15-19-9-14(20-15)11-3-4-12(16)13(17)7-11/h3-4,7,9-10,18H,5-6,8H2,1-2H3. The molecule has 1 aromatic heterocycles. The second-order valence-corrected chi connectivity index (χ2v) is 5.95. The summed E-state index contributed by atoms with van der Waals surface area (Å²) in [6.45, 7) is 6.13. The summed E-state index contributed by atoms with van der Waals surface area (Å²) < 4.78 is 19.6. The normalized spacial score (nSPS) is 11.2. The second-order valence-electron chi connectivity index (χ2n) is 5.10. The Hall–Kier alpha value is -1.20. The van der Waals surface area contributed by atoms with Gasteiger partial charge in [0.25, 0.3) is 0 Å². The van der Waals surface area contributed by atoms with Crippen LogP contribution in [0.3, 0.4) is 0 Å². The van der Waals surface area contributed by atoms with E-state index in [1.54, 1.807) is 18.3 Å². The monoisotopic (exact) mass is 340 g/mol. The number of rotatable bonds is 6. The first-order valence-corrected chi connectivity index (χ1v) is 7.46. The van der Waals surface area contributed by atoms with E-state index < -0.39 is 0 Å². The number of benzene rings is 1. The summed E-state index contributed by atoms with van der Waals surface area (Å²) in [5.41, 5.74) is 0.694. The average molecular weight is 341 g/mol. The van der Waals surface area contributed by atoms with Gasteiger partial charge in [-0.15, -0.1) is 0 Å². The van der Waals surface area contributed by atoms with E-state index in [0.29, 0.717) is 27.6 Å². The van der Waals surface area contributed by atoms with Crippen molar-refractivity contribution >= 4 is 15.9 Å². The third kappa shape index (κ3) is 4.15. The SMILES string of the molecule is CC(C)CNCCc1ncc(-c2ccc(Br)c(F)c2)o1. The van der Waals surface area contributed by atoms with Crippen LogP contribution in [0.5, 0.6) is 0 Å². The molecule has 0 aliphatic rings. The van der Waals surface area contributed by atoms with Gasteiger partial charge in [0.15, 0.2) is 11.7 Å². The summed E-state index contributed by atoms with van der Waals surface area (Å²) in [6, 6.07) is 4.90. The molecule has 5 heteroatoms. The minimum Gasteiger partial charge on any atom is -0.441 e. The van der Waals surface area contributed by atoms with E-state index in [9.17, 15) is 4.39 Å². The largest absolute Gasteiger partial charge is 0.441 e. The molecule has 0 atom stereocenters. The van der Waals surface area contributed by atoms with Crippen LogP contribution in [0.15, 0.2) is 33.3 Å². The Morgan fingerprint density at radius 3 is 2.90 bits per heavy atom. The van der Waals surface area contributed by atoms with Crippen molar-refractivity contribution in [1.82, 2.24) is 10.3 Å². The van der Waals surface area contributed by atoms with Crippen molar-refractivity contribution in [3.63, 3.8) is 0 Å². The van der Waals surface area contributed by atoms with Gasteiger partial charge in [-0.1, -0.05) is 13.8 Å². The van der Waals surface area contributed by atoms with E-state index in [1.807, 2.05) is 0 Å². The van der Waals surface area contributed by atoms with Crippen LogP contribution in [0.1, 0.15) is 19.7 Å². The van der Waals surface area contributed by atoms with Gasteiger partial charge >= 0.3 is 0 Å². The smallest absolute Gasteiger partial charge is 0.196 e. The number of halogens is 2. The minimum absolute atomic E-state index is 0.306. The highest BCUT2D eigenvalue weighted by molar-refractivity contribution is 9.10. The predicted molar refractivity (Wildman–Crippen MR) is 81.0 cm³/mol. The highest BCUT2D eigenvalue weighted by atomic mass is 79.9. The third-order valence-corrected chi connectivity index (χ3v) is 3.47. The molecule has 0 unspecified atom stereocenters. The zero-order valence-electron chi connectivity index (χ0n) is 11.6. The molecule has 2 rings (SSSR count). The Morgan fingerprint density at radius 2 is 2.20 bits per heavy atom. The van der Waals surface area contributed by atoms with Crippen molar-refractivity contribution in [3.05, 3.63) is 40.6 Å². The summed E-state index contributed by atoms with van der Waals surface area (Å²) in [7, 11) is 0. The Labute approximate surface area is 126 Å². The lowest BCUT2D eigenvalue weighted by Gasteiger charge is -2.05. The molecule has 0 saturated heterocycles. The number of nitrogens with zero attached hydrogens (tertiary/aromatic N) is 1. The van der Waals surface area contributed by atoms with Gasteiger partial charge in [0.2, 0.25) is 0 Å². The van der Waals surface area contributed by atoms with Gasteiger partial charge in [-0.05, 0) is 46.6 Å². The second kappa shape index (κ2) is 6.99. The zero-order valence-corrected chi connectivity index (χ0v) is 13.2. The fourth-order valence-electron chi connectivity index (χ4n) is 1.79. The molecule has 1 N–H and O–H groups in total. The fourth-order valence-corrected chi connectivity index (χ4v) is 2.04. The molecule has 0 amide bonds. The molecule has 3 nitrogen and oxygen atoms in total. The molecule has 0 fully saturated rings. The van der Waals surface area contributed by atoms with Gasteiger partial charge in [-0.2, -0.15) is 0 Å². The fraction of sp³-hybridized carbons (Fsp3) is 0.400. The number of oxazole rings is 1. The average Bonchev–Trinajstić information content (AvgIpc) is 2.86. The van der Waals surface area contributed by atoms with Gasteiger partial charge < -0.3 is 9.73 Å². The highest BCUT2D eigenvalue weighted by Crippen LogP contribution is 2.25. The predicted octanol–water partition coefficient (Wildman–Crippen LogP) is 4.03. The van der Waals surface area contributed by atoms with E-state index in [0.717, 1.165) is 19.5 Å². The zero-order chi connectivity index (χ0) is 14.5. The molecule has 0 bridgehead atoms. The number of hydrogen-bond donors (Lipinski definition) is 1. The van der Waals surface area contributed by atoms with Crippen molar-refractivity contribution in [3.8, 4) is 11.3 Å². The number of hydrogen-bond acceptors (Lipinski definition) is 3. The summed E-state index contributed by atoms with van der Waals surface area (Å²) >= 11 is 3.13. The van der Waals surface area contributed by atoms with E-state index in [-0.39, 0.29) is 5.82 Å². The van der Waals surface area contributed by atoms with Gasteiger partial charge in [0.1, 0.15) is 5.82 Å². The van der Waals surface area contributed by atoms with Gasteiger partial charge in [-0.3, -0.25) is 0 Å². The van der Waals surface area contributed by atoms with Crippen LogP contribution >= 0.6 is 15.9 Å². The molecule has 108 valence electrons. The van der Waals surface area contributed by atoms with Crippen LogP contribution < -0.4 is 5.32 Å². The van der Waals surface area contributed by atoms with Crippen LogP contribution in [-0.4, -0.2) is 18.1 Å². The van der Waals surface area contributed by atoms with Crippen molar-refractivity contribution in [1.29, 1.82) is 0 Å². The van der Waals surface area contributed by atoms with Gasteiger partial charge in [0.05, 0.1) is 10.7 Å². The van der Waals surface area contributed by atoms with Crippen molar-refractivity contribution in [2.45, 2.75) is 20.3 Å². The maximum absolute atomic E-state index is 13.5. The molecule has 0 saturated carbocycles. The Bertz CT molecular complexity index is 569. The molecular weight excluding hydrogens is 323 g/mol. The van der Waals surface area contributed by atoms with E-state index in [1.165, 1.54) is 6.07 Å². The van der Waals surface area contributed by atoms with Crippen LogP contribution in [0, 0.1) is 11.7 Å². The maximum atomic E-state index is 13.5. The van der Waals surface area contributed by atoms with Crippen molar-refractivity contribution in [2.24, 2.45) is 5.92 Å². The first-order valence-electron chi connectivity index (χ1n) is 6.67. The first kappa shape index (κ1) is 15.2. The lowest BCUT2D eigenvalue weighted by molar-refractivity contribution is 0.482.